The van der Waals surface area contributed by atoms with E-state index in [9.17, 15) is 4.79 Å². The third kappa shape index (κ3) is 4.28. The lowest BCUT2D eigenvalue weighted by Gasteiger charge is -2.27. The zero-order chi connectivity index (χ0) is 16.2. The summed E-state index contributed by atoms with van der Waals surface area (Å²) in [4.78, 5) is 14.9. The van der Waals surface area contributed by atoms with Crippen LogP contribution in [0.1, 0.15) is 30.4 Å². The molecule has 2 unspecified atom stereocenters. The molecular weight excluding hydrogens is 306 g/mol. The molecule has 4 nitrogen and oxygen atoms in total. The highest BCUT2D eigenvalue weighted by molar-refractivity contribution is 7.99. The molecule has 0 spiro atoms. The molecule has 23 heavy (non-hydrogen) atoms. The summed E-state index contributed by atoms with van der Waals surface area (Å²) < 4.78 is 0. The summed E-state index contributed by atoms with van der Waals surface area (Å²) in [5.74, 6) is 2.65. The lowest BCUT2D eigenvalue weighted by Crippen LogP contribution is -2.32. The van der Waals surface area contributed by atoms with E-state index in [0.29, 0.717) is 0 Å². The fourth-order valence-electron chi connectivity index (χ4n) is 3.48. The predicted octanol–water partition coefficient (Wildman–Crippen LogP) is 2.61. The van der Waals surface area contributed by atoms with E-state index in [1.54, 1.807) is 0 Å². The topological polar surface area (TPSA) is 58.4 Å². The van der Waals surface area contributed by atoms with Gasteiger partial charge in [0.05, 0.1) is 0 Å². The van der Waals surface area contributed by atoms with Crippen LogP contribution in [0.4, 0.5) is 5.69 Å². The van der Waals surface area contributed by atoms with Gasteiger partial charge < -0.3 is 11.1 Å². The second-order valence-electron chi connectivity index (χ2n) is 6.74. The minimum Gasteiger partial charge on any atom is -0.328 e. The monoisotopic (exact) mass is 333 g/mol. The zero-order valence-electron chi connectivity index (χ0n) is 13.9. The molecule has 0 radical (unpaired) electrons. The van der Waals surface area contributed by atoms with Crippen molar-refractivity contribution in [1.82, 2.24) is 4.90 Å². The number of benzene rings is 1. The molecule has 0 bridgehead atoms. The van der Waals surface area contributed by atoms with Gasteiger partial charge in [-0.1, -0.05) is 12.1 Å². The van der Waals surface area contributed by atoms with Gasteiger partial charge in [0.15, 0.2) is 0 Å². The Kier molecular flexibility index (Phi) is 5.62. The van der Waals surface area contributed by atoms with Crippen molar-refractivity contribution in [2.75, 3.05) is 29.9 Å². The van der Waals surface area contributed by atoms with E-state index < -0.39 is 0 Å². The Morgan fingerprint density at radius 1 is 1.35 bits per heavy atom. The van der Waals surface area contributed by atoms with Crippen molar-refractivity contribution in [2.45, 2.75) is 38.8 Å². The summed E-state index contributed by atoms with van der Waals surface area (Å²) in [5.41, 5.74) is 9.40. The molecule has 126 valence electrons. The van der Waals surface area contributed by atoms with Gasteiger partial charge in [-0.05, 0) is 43.4 Å². The first kappa shape index (κ1) is 16.8. The summed E-state index contributed by atoms with van der Waals surface area (Å²) >= 11 is 2.03. The highest BCUT2D eigenvalue weighted by atomic mass is 32.2. The van der Waals surface area contributed by atoms with Crippen LogP contribution in [0.25, 0.3) is 0 Å². The number of amides is 1. The number of thioether (sulfide) groups is 1. The van der Waals surface area contributed by atoms with Gasteiger partial charge in [0, 0.05) is 48.8 Å². The fourth-order valence-corrected chi connectivity index (χ4v) is 4.46. The van der Waals surface area contributed by atoms with E-state index in [2.05, 4.69) is 29.3 Å². The quantitative estimate of drug-likeness (QED) is 0.889. The van der Waals surface area contributed by atoms with E-state index in [4.69, 9.17) is 5.73 Å². The van der Waals surface area contributed by atoms with Crippen LogP contribution in [0, 0.1) is 12.8 Å². The Bertz CT molecular complexity index is 557. The Morgan fingerprint density at radius 2 is 2.13 bits per heavy atom. The van der Waals surface area contributed by atoms with E-state index in [-0.39, 0.29) is 17.9 Å². The summed E-state index contributed by atoms with van der Waals surface area (Å²) in [7, 11) is 0. The van der Waals surface area contributed by atoms with Gasteiger partial charge in [-0.25, -0.2) is 0 Å². The van der Waals surface area contributed by atoms with Crippen LogP contribution in [0.3, 0.4) is 0 Å². The number of rotatable bonds is 4. The van der Waals surface area contributed by atoms with Crippen LogP contribution in [0.2, 0.25) is 0 Å². The second-order valence-corrected chi connectivity index (χ2v) is 7.96. The molecule has 2 atom stereocenters. The standard InChI is InChI=1S/C18H27N3OS/c1-13-15(12-21-7-9-23-10-8-21)3-2-4-17(13)20-18(22)14-5-6-16(19)11-14/h2-4,14,16H,5-12,19H2,1H3,(H,20,22). The van der Waals surface area contributed by atoms with Crippen molar-refractivity contribution in [3.63, 3.8) is 0 Å². The molecule has 2 aliphatic rings. The third-order valence-electron chi connectivity index (χ3n) is 5.05. The zero-order valence-corrected chi connectivity index (χ0v) is 14.7. The van der Waals surface area contributed by atoms with Crippen molar-refractivity contribution in [2.24, 2.45) is 11.7 Å². The van der Waals surface area contributed by atoms with Crippen molar-refractivity contribution >= 4 is 23.4 Å². The van der Waals surface area contributed by atoms with Crippen molar-refractivity contribution < 1.29 is 4.79 Å². The first-order chi connectivity index (χ1) is 11.1. The van der Waals surface area contributed by atoms with E-state index in [1.165, 1.54) is 22.6 Å². The number of nitrogens with one attached hydrogen (secondary N) is 1. The molecule has 0 aromatic heterocycles. The van der Waals surface area contributed by atoms with Gasteiger partial charge >= 0.3 is 0 Å². The Labute approximate surface area is 143 Å². The molecule has 1 heterocycles. The van der Waals surface area contributed by atoms with Crippen LogP contribution in [0.5, 0.6) is 0 Å². The molecule has 1 aromatic carbocycles. The maximum absolute atomic E-state index is 12.4. The molecule has 1 aromatic rings. The van der Waals surface area contributed by atoms with Gasteiger partial charge in [-0.15, -0.1) is 0 Å². The first-order valence-electron chi connectivity index (χ1n) is 8.58. The molecule has 5 heteroatoms. The highest BCUT2D eigenvalue weighted by Crippen LogP contribution is 2.27. The van der Waals surface area contributed by atoms with Gasteiger partial charge in [-0.2, -0.15) is 11.8 Å². The smallest absolute Gasteiger partial charge is 0.227 e. The van der Waals surface area contributed by atoms with Gasteiger partial charge in [0.1, 0.15) is 0 Å². The van der Waals surface area contributed by atoms with Gasteiger partial charge in [0.25, 0.3) is 0 Å². The maximum atomic E-state index is 12.4. The number of carbonyl (C=O) groups is 1. The predicted molar refractivity (Wildman–Crippen MR) is 97.7 cm³/mol. The Balaban J connectivity index is 1.65. The van der Waals surface area contributed by atoms with E-state index in [0.717, 1.165) is 44.6 Å². The summed E-state index contributed by atoms with van der Waals surface area (Å²) in [5, 5.41) is 3.13. The number of hydrogen-bond donors (Lipinski definition) is 2. The average molecular weight is 334 g/mol. The van der Waals surface area contributed by atoms with Crippen LogP contribution >= 0.6 is 11.8 Å². The van der Waals surface area contributed by atoms with Crippen molar-refractivity contribution in [3.05, 3.63) is 29.3 Å². The minimum atomic E-state index is 0.0761. The average Bonchev–Trinajstić information content (AvgIpc) is 2.99. The van der Waals surface area contributed by atoms with Gasteiger partial charge in [0.2, 0.25) is 5.91 Å². The molecule has 3 rings (SSSR count). The van der Waals surface area contributed by atoms with Gasteiger partial charge in [-0.3, -0.25) is 9.69 Å². The number of carbonyl (C=O) groups excluding carboxylic acids is 1. The minimum absolute atomic E-state index is 0.0761. The number of anilines is 1. The molecule has 1 saturated carbocycles. The molecule has 1 saturated heterocycles. The highest BCUT2D eigenvalue weighted by Gasteiger charge is 2.28. The molecule has 1 aliphatic heterocycles. The Morgan fingerprint density at radius 3 is 2.83 bits per heavy atom. The lowest BCUT2D eigenvalue weighted by molar-refractivity contribution is -0.119. The van der Waals surface area contributed by atoms with Crippen LogP contribution in [-0.2, 0) is 11.3 Å². The molecule has 1 amide bonds. The SMILES string of the molecule is Cc1c(CN2CCSCC2)cccc1NC(=O)C1CCC(N)C1. The molecule has 2 fully saturated rings. The molecule has 3 N–H and O–H groups in total. The number of hydrogen-bond acceptors (Lipinski definition) is 4. The fraction of sp³-hybridized carbons (Fsp3) is 0.611. The third-order valence-corrected chi connectivity index (χ3v) is 5.99. The van der Waals surface area contributed by atoms with Crippen LogP contribution < -0.4 is 11.1 Å². The number of nitrogens with zero attached hydrogens (tertiary/aromatic N) is 1. The van der Waals surface area contributed by atoms with Crippen LogP contribution in [-0.4, -0.2) is 41.4 Å². The van der Waals surface area contributed by atoms with E-state index >= 15 is 0 Å². The summed E-state index contributed by atoms with van der Waals surface area (Å²) in [6.45, 7) is 5.40. The Hall–Kier alpha value is -1.04. The summed E-state index contributed by atoms with van der Waals surface area (Å²) in [6.07, 6.45) is 2.69. The normalized spacial score (nSPS) is 25.5. The lowest BCUT2D eigenvalue weighted by atomic mass is 10.0. The van der Waals surface area contributed by atoms with Crippen molar-refractivity contribution in [3.8, 4) is 0 Å². The van der Waals surface area contributed by atoms with Crippen molar-refractivity contribution in [1.29, 1.82) is 0 Å². The number of nitrogens with two attached hydrogens (primary N) is 1. The summed E-state index contributed by atoms with van der Waals surface area (Å²) in [6, 6.07) is 6.43. The van der Waals surface area contributed by atoms with Crippen LogP contribution in [0.15, 0.2) is 18.2 Å². The molecule has 1 aliphatic carbocycles. The van der Waals surface area contributed by atoms with E-state index in [1.807, 2.05) is 17.8 Å². The molecular formula is C18H27N3OS. The first-order valence-corrected chi connectivity index (χ1v) is 9.74. The largest absolute Gasteiger partial charge is 0.328 e. The second kappa shape index (κ2) is 7.69. The maximum Gasteiger partial charge on any atom is 0.227 e.